The van der Waals surface area contributed by atoms with Crippen LogP contribution in [0.4, 0.5) is 0 Å². The Labute approximate surface area is 219 Å². The summed E-state index contributed by atoms with van der Waals surface area (Å²) >= 11 is 0. The van der Waals surface area contributed by atoms with E-state index in [9.17, 15) is 14.4 Å². The van der Waals surface area contributed by atoms with Crippen LogP contribution in [0.3, 0.4) is 0 Å². The normalized spacial score (nSPS) is 21.5. The predicted molar refractivity (Wildman–Crippen MR) is 134 cm³/mol. The third-order valence-corrected chi connectivity index (χ3v) is 7.80. The summed E-state index contributed by atoms with van der Waals surface area (Å²) in [5, 5.41) is 18.1. The Balaban J connectivity index is 1.46. The molecule has 1 aliphatic heterocycles. The van der Waals surface area contributed by atoms with Crippen LogP contribution >= 0.6 is 0 Å². The average Bonchev–Trinajstić information content (AvgIpc) is 3.44. The second kappa shape index (κ2) is 10.9. The molecule has 1 unspecified atom stereocenters. The topological polar surface area (TPSA) is 154 Å². The summed E-state index contributed by atoms with van der Waals surface area (Å²) in [7, 11) is 1.29. The number of ether oxygens (including phenoxy) is 1. The second-order valence-corrected chi connectivity index (χ2v) is 10.3. The number of nitrogens with one attached hydrogen (secondary N) is 2. The van der Waals surface area contributed by atoms with Gasteiger partial charge in [0.25, 0.3) is 5.91 Å². The lowest BCUT2D eigenvalue weighted by molar-refractivity contribution is -0.161. The summed E-state index contributed by atoms with van der Waals surface area (Å²) in [5.41, 5.74) is 1.15. The molecule has 2 atom stereocenters. The first kappa shape index (κ1) is 25.8. The van der Waals surface area contributed by atoms with E-state index in [1.807, 2.05) is 12.3 Å². The highest BCUT2D eigenvalue weighted by molar-refractivity contribution is 6.03. The maximum Gasteiger partial charge on any atom is 0.321 e. The number of carbonyl (C=O) groups excluding carboxylic acids is 3. The molecular weight excluding hydrogens is 490 g/mol. The highest BCUT2D eigenvalue weighted by Crippen LogP contribution is 2.35. The molecule has 0 bridgehead atoms. The first-order valence-electron chi connectivity index (χ1n) is 13.2. The van der Waals surface area contributed by atoms with Gasteiger partial charge in [-0.05, 0) is 55.8 Å². The summed E-state index contributed by atoms with van der Waals surface area (Å²) in [6.45, 7) is 2.21. The van der Waals surface area contributed by atoms with E-state index in [1.165, 1.54) is 20.0 Å². The van der Waals surface area contributed by atoms with Crippen LogP contribution in [0, 0.1) is 18.3 Å². The number of carbonyl (C=O) groups is 3. The number of aryl methyl sites for hydroxylation is 1. The van der Waals surface area contributed by atoms with Gasteiger partial charge in [-0.2, -0.15) is 5.10 Å². The van der Waals surface area contributed by atoms with E-state index in [-0.39, 0.29) is 35.9 Å². The molecule has 1 saturated heterocycles. The molecule has 0 radical (unpaired) electrons. The fourth-order valence-corrected chi connectivity index (χ4v) is 5.72. The van der Waals surface area contributed by atoms with Gasteiger partial charge in [0.05, 0.1) is 30.7 Å². The number of imidazole rings is 1. The van der Waals surface area contributed by atoms with Gasteiger partial charge in [-0.3, -0.25) is 14.4 Å². The summed E-state index contributed by atoms with van der Waals surface area (Å²) in [5.74, 6) is -1.04. The Kier molecular flexibility index (Phi) is 7.39. The number of amides is 2. The van der Waals surface area contributed by atoms with Crippen molar-refractivity contribution in [1.29, 1.82) is 0 Å². The zero-order valence-corrected chi connectivity index (χ0v) is 21.7. The summed E-state index contributed by atoms with van der Waals surface area (Å²) < 4.78 is 11.4. The van der Waals surface area contributed by atoms with Gasteiger partial charge in [-0.1, -0.05) is 30.8 Å². The molecule has 3 aromatic rings. The molecule has 0 aromatic carbocycles. The molecule has 3 aromatic heterocycles. The minimum absolute atomic E-state index is 0.121. The lowest BCUT2D eigenvalue weighted by Crippen LogP contribution is -2.52. The van der Waals surface area contributed by atoms with Gasteiger partial charge in [0.1, 0.15) is 5.69 Å². The van der Waals surface area contributed by atoms with Crippen LogP contribution in [0.5, 0.6) is 0 Å². The monoisotopic (exact) mass is 523 g/mol. The van der Waals surface area contributed by atoms with Crippen LogP contribution in [-0.4, -0.2) is 56.3 Å². The molecule has 12 heteroatoms. The number of rotatable bonds is 7. The first-order valence-corrected chi connectivity index (χ1v) is 13.2. The molecule has 1 aliphatic carbocycles. The number of piperidine rings is 1. The van der Waals surface area contributed by atoms with Gasteiger partial charge in [0.15, 0.2) is 16.8 Å². The number of esters is 1. The third kappa shape index (κ3) is 4.99. The molecule has 12 nitrogen and oxygen atoms in total. The molecule has 0 spiro atoms. The van der Waals surface area contributed by atoms with E-state index in [2.05, 4.69) is 20.9 Å². The van der Waals surface area contributed by atoms with Crippen molar-refractivity contribution in [2.75, 3.05) is 13.7 Å². The highest BCUT2D eigenvalue weighted by Gasteiger charge is 2.48. The minimum atomic E-state index is -1.31. The Hall–Kier alpha value is -3.83. The van der Waals surface area contributed by atoms with Crippen LogP contribution in [-0.2, 0) is 20.7 Å². The lowest BCUT2D eigenvalue weighted by atomic mass is 9.76. The van der Waals surface area contributed by atoms with Gasteiger partial charge < -0.3 is 15.4 Å². The van der Waals surface area contributed by atoms with Crippen molar-refractivity contribution in [3.05, 3.63) is 41.1 Å². The van der Waals surface area contributed by atoms with Crippen molar-refractivity contribution >= 4 is 23.4 Å². The molecular formula is C26H33N7O5. The maximum absolute atomic E-state index is 13.1. The summed E-state index contributed by atoms with van der Waals surface area (Å²) in [6.07, 6.45) is 9.50. The van der Waals surface area contributed by atoms with E-state index >= 15 is 0 Å². The van der Waals surface area contributed by atoms with Crippen molar-refractivity contribution in [1.82, 2.24) is 35.5 Å². The van der Waals surface area contributed by atoms with Crippen LogP contribution in [0.2, 0.25) is 0 Å². The average molecular weight is 524 g/mol. The predicted octanol–water partition coefficient (Wildman–Crippen LogP) is 2.47. The summed E-state index contributed by atoms with van der Waals surface area (Å²) in [6, 6.07) is 3.25. The van der Waals surface area contributed by atoms with Gasteiger partial charge in [0, 0.05) is 13.0 Å². The van der Waals surface area contributed by atoms with Crippen molar-refractivity contribution in [3.63, 3.8) is 0 Å². The van der Waals surface area contributed by atoms with Gasteiger partial charge >= 0.3 is 5.97 Å². The second-order valence-electron chi connectivity index (χ2n) is 10.3. The Bertz CT molecular complexity index is 1320. The molecule has 2 N–H and O–H groups in total. The van der Waals surface area contributed by atoms with Gasteiger partial charge in [-0.25, -0.2) is 14.1 Å². The van der Waals surface area contributed by atoms with Crippen molar-refractivity contribution in [3.8, 4) is 0 Å². The van der Waals surface area contributed by atoms with E-state index in [0.29, 0.717) is 42.1 Å². The lowest BCUT2D eigenvalue weighted by Gasteiger charge is -2.33. The van der Waals surface area contributed by atoms with E-state index in [1.54, 1.807) is 17.5 Å². The zero-order valence-electron chi connectivity index (χ0n) is 21.7. The Morgan fingerprint density at radius 3 is 2.68 bits per heavy atom. The number of nitrogens with zero attached hydrogens (tertiary/aromatic N) is 5. The van der Waals surface area contributed by atoms with E-state index in [0.717, 1.165) is 25.7 Å². The number of methoxy groups -OCH3 is 1. The summed E-state index contributed by atoms with van der Waals surface area (Å²) in [4.78, 5) is 43.4. The first-order chi connectivity index (χ1) is 18.4. The Morgan fingerprint density at radius 2 is 2.00 bits per heavy atom. The fourth-order valence-electron chi connectivity index (χ4n) is 5.72. The van der Waals surface area contributed by atoms with Crippen molar-refractivity contribution in [2.24, 2.45) is 11.3 Å². The van der Waals surface area contributed by atoms with Crippen molar-refractivity contribution < 1.29 is 23.7 Å². The van der Waals surface area contributed by atoms with Crippen LogP contribution < -0.4 is 10.6 Å². The molecule has 2 fully saturated rings. The standard InChI is InChI=1S/C26H33N7O5/c1-16-21(32-38-31-16)23(34)29-22(17-8-5-3-4-6-9-17)19-15-33-20(28-19)11-10-18(30-33)14-26(25(36)37-2)12-7-13-27-24(26)35/h10-11,15,17,22H,3-9,12-14H2,1-2H3,(H,27,35)(H,29,34)/t22-,26?/m0/s1. The largest absolute Gasteiger partial charge is 0.468 e. The molecule has 1 saturated carbocycles. The number of hydrogen-bond donors (Lipinski definition) is 2. The zero-order chi connectivity index (χ0) is 26.7. The smallest absolute Gasteiger partial charge is 0.321 e. The molecule has 38 heavy (non-hydrogen) atoms. The third-order valence-electron chi connectivity index (χ3n) is 7.80. The molecule has 2 aliphatic rings. The quantitative estimate of drug-likeness (QED) is 0.270. The maximum atomic E-state index is 13.1. The number of fused-ring (bicyclic) bond motifs is 1. The van der Waals surface area contributed by atoms with E-state index < -0.39 is 11.4 Å². The van der Waals surface area contributed by atoms with Crippen LogP contribution in [0.15, 0.2) is 23.0 Å². The van der Waals surface area contributed by atoms with Gasteiger partial charge in [0.2, 0.25) is 5.91 Å². The Morgan fingerprint density at radius 1 is 1.21 bits per heavy atom. The molecule has 2 amide bonds. The highest BCUT2D eigenvalue weighted by atomic mass is 16.6. The number of aromatic nitrogens is 5. The molecule has 5 rings (SSSR count). The molecule has 4 heterocycles. The van der Waals surface area contributed by atoms with Crippen molar-refractivity contribution in [2.45, 2.75) is 70.8 Å². The number of hydrogen-bond acceptors (Lipinski definition) is 9. The van der Waals surface area contributed by atoms with E-state index in [4.69, 9.17) is 19.4 Å². The SMILES string of the molecule is COC(=O)C1(Cc2ccc3nc([C@@H](NC(=O)c4nonc4C)C4CCCCCC4)cn3n2)CCCNC1=O. The minimum Gasteiger partial charge on any atom is -0.468 e. The molecule has 202 valence electrons. The van der Waals surface area contributed by atoms with Crippen LogP contribution in [0.1, 0.15) is 85.0 Å². The van der Waals surface area contributed by atoms with Crippen LogP contribution in [0.25, 0.3) is 5.65 Å². The van der Waals surface area contributed by atoms with Gasteiger partial charge in [-0.15, -0.1) is 0 Å². The fraction of sp³-hybridized carbons (Fsp3) is 0.577.